The molecule has 2 aromatic carbocycles. The van der Waals surface area contributed by atoms with Gasteiger partial charge in [-0.2, -0.15) is 4.98 Å². The molecule has 0 fully saturated rings. The van der Waals surface area contributed by atoms with Crippen LogP contribution in [0.5, 0.6) is 5.75 Å². The molecule has 3 rings (SSSR count). The van der Waals surface area contributed by atoms with Gasteiger partial charge in [0.1, 0.15) is 11.6 Å². The van der Waals surface area contributed by atoms with Crippen LogP contribution in [0.25, 0.3) is 0 Å². The Morgan fingerprint density at radius 2 is 1.84 bits per heavy atom. The molecule has 0 aliphatic heterocycles. The number of rotatable bonds is 6. The minimum atomic E-state index is 0.180. The topological polar surface area (TPSA) is 99.1 Å². The first-order valence-corrected chi connectivity index (χ1v) is 7.97. The molecular formula is C19H21N5O. The van der Waals surface area contributed by atoms with Gasteiger partial charge in [-0.05, 0) is 23.3 Å². The number of nitrogen functional groups attached to an aromatic ring is 2. The summed E-state index contributed by atoms with van der Waals surface area (Å²) >= 11 is 0. The summed E-state index contributed by atoms with van der Waals surface area (Å²) in [6.45, 7) is 0.731. The fourth-order valence-corrected chi connectivity index (χ4v) is 2.58. The van der Waals surface area contributed by atoms with Crippen LogP contribution in [0.1, 0.15) is 16.7 Å². The number of benzene rings is 2. The van der Waals surface area contributed by atoms with Crippen LogP contribution in [-0.2, 0) is 13.0 Å². The Bertz CT molecular complexity index is 852. The second-order valence-electron chi connectivity index (χ2n) is 5.69. The summed E-state index contributed by atoms with van der Waals surface area (Å²) in [6.07, 6.45) is 2.27. The van der Waals surface area contributed by atoms with Crippen molar-refractivity contribution in [3.05, 3.63) is 71.4 Å². The van der Waals surface area contributed by atoms with Gasteiger partial charge in [0.25, 0.3) is 0 Å². The molecule has 1 aromatic heterocycles. The van der Waals surface area contributed by atoms with Crippen molar-refractivity contribution in [2.45, 2.75) is 13.0 Å². The fourth-order valence-electron chi connectivity index (χ4n) is 2.58. The van der Waals surface area contributed by atoms with Crippen molar-refractivity contribution in [1.82, 2.24) is 9.97 Å². The summed E-state index contributed by atoms with van der Waals surface area (Å²) in [4.78, 5) is 8.00. The number of aromatic nitrogens is 2. The zero-order valence-corrected chi connectivity index (χ0v) is 14.1. The van der Waals surface area contributed by atoms with Crippen LogP contribution in [0, 0.1) is 0 Å². The second kappa shape index (κ2) is 7.53. The van der Waals surface area contributed by atoms with Gasteiger partial charge in [-0.1, -0.05) is 36.4 Å². The number of methoxy groups -OCH3 is 1. The highest BCUT2D eigenvalue weighted by molar-refractivity contribution is 5.59. The van der Waals surface area contributed by atoms with Crippen LogP contribution in [0.3, 0.4) is 0 Å². The molecule has 6 nitrogen and oxygen atoms in total. The smallest absolute Gasteiger partial charge is 0.221 e. The van der Waals surface area contributed by atoms with Gasteiger partial charge < -0.3 is 21.5 Å². The van der Waals surface area contributed by atoms with Gasteiger partial charge in [-0.15, -0.1) is 0 Å². The molecule has 0 amide bonds. The molecule has 0 radical (unpaired) electrons. The third kappa shape index (κ3) is 4.17. The maximum Gasteiger partial charge on any atom is 0.221 e. The Kier molecular flexibility index (Phi) is 4.99. The van der Waals surface area contributed by atoms with E-state index in [9.17, 15) is 0 Å². The molecule has 6 heteroatoms. The second-order valence-corrected chi connectivity index (χ2v) is 5.69. The van der Waals surface area contributed by atoms with Crippen LogP contribution in [0.4, 0.5) is 17.5 Å². The molecule has 0 atom stereocenters. The van der Waals surface area contributed by atoms with Crippen molar-refractivity contribution in [2.75, 3.05) is 23.9 Å². The normalized spacial score (nSPS) is 10.4. The molecule has 0 saturated carbocycles. The minimum Gasteiger partial charge on any atom is -0.495 e. The molecule has 0 bridgehead atoms. The number of anilines is 3. The third-order valence-electron chi connectivity index (χ3n) is 3.90. The number of hydrogen-bond acceptors (Lipinski definition) is 6. The van der Waals surface area contributed by atoms with E-state index < -0.39 is 0 Å². The number of ether oxygens (including phenoxy) is 1. The van der Waals surface area contributed by atoms with E-state index in [1.54, 1.807) is 13.3 Å². The van der Waals surface area contributed by atoms with Crippen LogP contribution in [0.2, 0.25) is 0 Å². The predicted molar refractivity (Wildman–Crippen MR) is 100 cm³/mol. The summed E-state index contributed by atoms with van der Waals surface area (Å²) in [5, 5.41) is 3.40. The lowest BCUT2D eigenvalue weighted by Gasteiger charge is -2.13. The van der Waals surface area contributed by atoms with Gasteiger partial charge >= 0.3 is 0 Å². The molecular weight excluding hydrogens is 314 g/mol. The molecule has 128 valence electrons. The SMILES string of the molecule is COc1cc(Cc2cnc(N)nc2N)ccc1NCc1ccccc1. The van der Waals surface area contributed by atoms with E-state index in [4.69, 9.17) is 16.2 Å². The van der Waals surface area contributed by atoms with Crippen LogP contribution < -0.4 is 21.5 Å². The third-order valence-corrected chi connectivity index (χ3v) is 3.90. The number of nitrogens with zero attached hydrogens (tertiary/aromatic N) is 2. The van der Waals surface area contributed by atoms with Crippen molar-refractivity contribution in [2.24, 2.45) is 0 Å². The average Bonchev–Trinajstić information content (AvgIpc) is 2.63. The maximum absolute atomic E-state index is 5.91. The summed E-state index contributed by atoms with van der Waals surface area (Å²) in [5.41, 5.74) is 15.5. The molecule has 5 N–H and O–H groups in total. The van der Waals surface area contributed by atoms with Crippen LogP contribution in [-0.4, -0.2) is 17.1 Å². The van der Waals surface area contributed by atoms with E-state index in [1.807, 2.05) is 36.4 Å². The molecule has 0 saturated heterocycles. The van der Waals surface area contributed by atoms with E-state index in [-0.39, 0.29) is 5.95 Å². The number of hydrogen-bond donors (Lipinski definition) is 3. The van der Waals surface area contributed by atoms with Crippen LogP contribution >= 0.6 is 0 Å². The first-order valence-electron chi connectivity index (χ1n) is 7.97. The maximum atomic E-state index is 5.91. The zero-order valence-electron chi connectivity index (χ0n) is 14.1. The van der Waals surface area contributed by atoms with Gasteiger partial charge in [-0.25, -0.2) is 4.98 Å². The lowest BCUT2D eigenvalue weighted by molar-refractivity contribution is 0.416. The highest BCUT2D eigenvalue weighted by Gasteiger charge is 2.08. The van der Waals surface area contributed by atoms with Crippen molar-refractivity contribution in [1.29, 1.82) is 0 Å². The van der Waals surface area contributed by atoms with Crippen molar-refractivity contribution in [3.63, 3.8) is 0 Å². The van der Waals surface area contributed by atoms with Gasteiger partial charge in [0.05, 0.1) is 12.8 Å². The zero-order chi connectivity index (χ0) is 17.6. The molecule has 0 aliphatic carbocycles. The Balaban J connectivity index is 1.75. The first-order chi connectivity index (χ1) is 12.2. The molecule has 0 unspecified atom stereocenters. The first kappa shape index (κ1) is 16.6. The van der Waals surface area contributed by atoms with E-state index in [1.165, 1.54) is 5.56 Å². The van der Waals surface area contributed by atoms with E-state index in [0.717, 1.165) is 29.1 Å². The minimum absolute atomic E-state index is 0.180. The Labute approximate surface area is 146 Å². The standard InChI is InChI=1S/C19H21N5O/c1-25-17-10-14(9-15-12-23-19(21)24-18(15)20)7-8-16(17)22-11-13-5-3-2-4-6-13/h2-8,10,12,22H,9,11H2,1H3,(H4,20,21,23,24). The lowest BCUT2D eigenvalue weighted by atomic mass is 10.1. The summed E-state index contributed by atoms with van der Waals surface area (Å²) in [6, 6.07) is 16.2. The summed E-state index contributed by atoms with van der Waals surface area (Å²) < 4.78 is 5.52. The molecule has 25 heavy (non-hydrogen) atoms. The van der Waals surface area contributed by atoms with Gasteiger partial charge in [0.2, 0.25) is 5.95 Å². The Morgan fingerprint density at radius 1 is 1.04 bits per heavy atom. The molecule has 1 heterocycles. The summed E-state index contributed by atoms with van der Waals surface area (Å²) in [5.74, 6) is 1.36. The van der Waals surface area contributed by atoms with Crippen molar-refractivity contribution in [3.8, 4) is 5.75 Å². The van der Waals surface area contributed by atoms with Crippen molar-refractivity contribution >= 4 is 17.5 Å². The Hall–Kier alpha value is -3.28. The van der Waals surface area contributed by atoms with Gasteiger partial charge in [0.15, 0.2) is 0 Å². The van der Waals surface area contributed by atoms with E-state index in [2.05, 4.69) is 27.4 Å². The lowest BCUT2D eigenvalue weighted by Crippen LogP contribution is -2.05. The number of nitrogens with one attached hydrogen (secondary N) is 1. The van der Waals surface area contributed by atoms with Gasteiger partial charge in [0, 0.05) is 24.7 Å². The van der Waals surface area contributed by atoms with E-state index in [0.29, 0.717) is 12.2 Å². The highest BCUT2D eigenvalue weighted by Crippen LogP contribution is 2.27. The molecule has 3 aromatic rings. The van der Waals surface area contributed by atoms with Crippen molar-refractivity contribution < 1.29 is 4.74 Å². The molecule has 0 spiro atoms. The highest BCUT2D eigenvalue weighted by atomic mass is 16.5. The van der Waals surface area contributed by atoms with Gasteiger partial charge in [-0.3, -0.25) is 0 Å². The number of nitrogens with two attached hydrogens (primary N) is 2. The Morgan fingerprint density at radius 3 is 2.56 bits per heavy atom. The largest absolute Gasteiger partial charge is 0.495 e. The average molecular weight is 335 g/mol. The predicted octanol–water partition coefficient (Wildman–Crippen LogP) is 2.85. The quantitative estimate of drug-likeness (QED) is 0.640. The fraction of sp³-hybridized carbons (Fsp3) is 0.158. The monoisotopic (exact) mass is 335 g/mol. The van der Waals surface area contributed by atoms with E-state index >= 15 is 0 Å². The van der Waals surface area contributed by atoms with Crippen LogP contribution in [0.15, 0.2) is 54.7 Å². The molecule has 0 aliphatic rings. The summed E-state index contributed by atoms with van der Waals surface area (Å²) in [7, 11) is 1.66.